The Morgan fingerprint density at radius 2 is 2.00 bits per heavy atom. The van der Waals surface area contributed by atoms with Gasteiger partial charge >= 0.3 is 6.36 Å². The summed E-state index contributed by atoms with van der Waals surface area (Å²) in [7, 11) is 3.81. The van der Waals surface area contributed by atoms with Crippen molar-refractivity contribution in [2.45, 2.75) is 44.1 Å². The third kappa shape index (κ3) is 6.34. The molecule has 1 atom stereocenters. The van der Waals surface area contributed by atoms with Crippen molar-refractivity contribution in [1.82, 2.24) is 4.90 Å². The molecular weight excluding hydrogens is 475 g/mol. The summed E-state index contributed by atoms with van der Waals surface area (Å²) in [4.78, 5) is 15.0. The van der Waals surface area contributed by atoms with Gasteiger partial charge in [0.05, 0.1) is 24.5 Å². The molecule has 36 heavy (non-hydrogen) atoms. The van der Waals surface area contributed by atoms with Crippen molar-refractivity contribution >= 4 is 17.3 Å². The topological polar surface area (TPSA) is 83.1 Å². The summed E-state index contributed by atoms with van der Waals surface area (Å²) in [5.41, 5.74) is 2.09. The van der Waals surface area contributed by atoms with Crippen molar-refractivity contribution in [2.24, 2.45) is 0 Å². The van der Waals surface area contributed by atoms with Crippen LogP contribution in [-0.2, 0) is 4.79 Å². The predicted molar refractivity (Wildman–Crippen MR) is 129 cm³/mol. The van der Waals surface area contributed by atoms with E-state index in [0.29, 0.717) is 17.8 Å². The number of hydrogen-bond donors (Lipinski definition) is 3. The summed E-state index contributed by atoms with van der Waals surface area (Å²) in [5.74, 6) is 5.91. The Balaban J connectivity index is 1.52. The molecule has 1 amide bonds. The van der Waals surface area contributed by atoms with Crippen molar-refractivity contribution < 1.29 is 32.5 Å². The van der Waals surface area contributed by atoms with Crippen LogP contribution in [0.25, 0.3) is 0 Å². The highest BCUT2D eigenvalue weighted by Crippen LogP contribution is 2.41. The summed E-state index contributed by atoms with van der Waals surface area (Å²) < 4.78 is 47.1. The number of hydrogen-bond acceptors (Lipinski definition) is 6. The third-order valence-electron chi connectivity index (χ3n) is 6.06. The number of carbonyl (C=O) groups is 1. The Bertz CT molecular complexity index is 1180. The Hall–Kier alpha value is -3.58. The minimum absolute atomic E-state index is 0.0298. The number of ether oxygens (including phenoxy) is 2. The maximum absolute atomic E-state index is 13.0. The second kappa shape index (κ2) is 10.6. The number of nitrogens with zero attached hydrogens (tertiary/aromatic N) is 1. The lowest BCUT2D eigenvalue weighted by Crippen LogP contribution is -2.41. The lowest BCUT2D eigenvalue weighted by molar-refractivity contribution is -0.274. The van der Waals surface area contributed by atoms with Crippen LogP contribution in [0.2, 0.25) is 0 Å². The molecule has 4 rings (SSSR count). The van der Waals surface area contributed by atoms with E-state index in [1.165, 1.54) is 12.1 Å². The number of carbonyl (C=O) groups excluding carboxylic acids is 1. The minimum atomic E-state index is -4.81. The molecule has 2 aromatic rings. The van der Waals surface area contributed by atoms with Crippen LogP contribution >= 0.6 is 0 Å². The number of aromatic hydroxyl groups is 1. The molecule has 0 radical (unpaired) electrons. The standard InChI is InChI=1S/C26H28F3N3O4/c1-32(2)11-5-8-17-12-19(16-6-3-4-7-16)22(33)14-20(17)31-25(34)24-15-30-21-13-18(36-26(27,28)29)9-10-23(21)35-24/h9-10,12-14,16,24,30,33H,3-4,6-7,11,15H2,1-2H3,(H,31,34). The first-order chi connectivity index (χ1) is 17.1. The number of benzene rings is 2. The quantitative estimate of drug-likeness (QED) is 0.515. The van der Waals surface area contributed by atoms with Gasteiger partial charge in [0.1, 0.15) is 17.2 Å². The molecule has 1 fully saturated rings. The summed E-state index contributed by atoms with van der Waals surface area (Å²) in [6, 6.07) is 6.96. The van der Waals surface area contributed by atoms with Crippen molar-refractivity contribution in [3.63, 3.8) is 0 Å². The van der Waals surface area contributed by atoms with E-state index in [-0.39, 0.29) is 35.4 Å². The highest BCUT2D eigenvalue weighted by Gasteiger charge is 2.32. The van der Waals surface area contributed by atoms with Crippen LogP contribution in [0.5, 0.6) is 17.2 Å². The highest BCUT2D eigenvalue weighted by atomic mass is 19.4. The first kappa shape index (κ1) is 25.5. The summed E-state index contributed by atoms with van der Waals surface area (Å²) in [6.07, 6.45) is -1.53. The van der Waals surface area contributed by atoms with Crippen LogP contribution in [0, 0.1) is 11.8 Å². The zero-order chi connectivity index (χ0) is 25.9. The molecule has 3 N–H and O–H groups in total. The Kier molecular flexibility index (Phi) is 7.50. The largest absolute Gasteiger partial charge is 0.573 e. The van der Waals surface area contributed by atoms with Gasteiger partial charge in [0.25, 0.3) is 5.91 Å². The number of anilines is 2. The van der Waals surface area contributed by atoms with Crippen LogP contribution in [0.4, 0.5) is 24.5 Å². The maximum atomic E-state index is 13.0. The third-order valence-corrected chi connectivity index (χ3v) is 6.06. The van der Waals surface area contributed by atoms with Gasteiger partial charge in [0.15, 0.2) is 6.10 Å². The molecule has 2 aliphatic rings. The first-order valence-corrected chi connectivity index (χ1v) is 11.7. The average Bonchev–Trinajstić information content (AvgIpc) is 3.33. The average molecular weight is 504 g/mol. The van der Waals surface area contributed by atoms with E-state index >= 15 is 0 Å². The van der Waals surface area contributed by atoms with Crippen LogP contribution in [0.1, 0.15) is 42.7 Å². The van der Waals surface area contributed by atoms with E-state index in [1.54, 1.807) is 0 Å². The first-order valence-electron chi connectivity index (χ1n) is 11.7. The van der Waals surface area contributed by atoms with Crippen molar-refractivity contribution in [1.29, 1.82) is 0 Å². The van der Waals surface area contributed by atoms with Crippen molar-refractivity contribution in [2.75, 3.05) is 37.8 Å². The van der Waals surface area contributed by atoms with Gasteiger partial charge in [0, 0.05) is 17.7 Å². The van der Waals surface area contributed by atoms with E-state index in [9.17, 15) is 23.1 Å². The number of fused-ring (bicyclic) bond motifs is 1. The number of rotatable bonds is 5. The van der Waals surface area contributed by atoms with Gasteiger partial charge in [-0.05, 0) is 56.6 Å². The molecule has 1 unspecified atom stereocenters. The van der Waals surface area contributed by atoms with Gasteiger partial charge in [-0.1, -0.05) is 24.7 Å². The molecule has 0 bridgehead atoms. The van der Waals surface area contributed by atoms with Gasteiger partial charge in [-0.15, -0.1) is 13.2 Å². The second-order valence-corrected chi connectivity index (χ2v) is 9.16. The number of phenols is 1. The Labute approximate surface area is 207 Å². The summed E-state index contributed by atoms with van der Waals surface area (Å²) >= 11 is 0. The van der Waals surface area contributed by atoms with Gasteiger partial charge in [0.2, 0.25) is 0 Å². The molecule has 1 heterocycles. The van der Waals surface area contributed by atoms with E-state index in [2.05, 4.69) is 27.2 Å². The zero-order valence-corrected chi connectivity index (χ0v) is 20.0. The minimum Gasteiger partial charge on any atom is -0.508 e. The fourth-order valence-electron chi connectivity index (χ4n) is 4.37. The molecule has 10 heteroatoms. The molecule has 7 nitrogen and oxygen atoms in total. The molecule has 2 aromatic carbocycles. The Morgan fingerprint density at radius 1 is 1.25 bits per heavy atom. The van der Waals surface area contributed by atoms with Crippen LogP contribution in [0.15, 0.2) is 30.3 Å². The number of amides is 1. The summed E-state index contributed by atoms with van der Waals surface area (Å²) in [6.45, 7) is 0.557. The van der Waals surface area contributed by atoms with E-state index in [1.807, 2.05) is 25.1 Å². The lowest BCUT2D eigenvalue weighted by Gasteiger charge is -2.27. The fraction of sp³-hybridized carbons (Fsp3) is 0.423. The maximum Gasteiger partial charge on any atom is 0.573 e. The van der Waals surface area contributed by atoms with Crippen LogP contribution in [0.3, 0.4) is 0 Å². The number of nitrogens with one attached hydrogen (secondary N) is 2. The normalized spacial score (nSPS) is 17.4. The molecule has 0 aromatic heterocycles. The fourth-order valence-corrected chi connectivity index (χ4v) is 4.37. The summed E-state index contributed by atoms with van der Waals surface area (Å²) in [5, 5.41) is 16.4. The van der Waals surface area contributed by atoms with E-state index < -0.39 is 18.4 Å². The van der Waals surface area contributed by atoms with Crippen molar-refractivity contribution in [3.8, 4) is 29.1 Å². The molecule has 0 saturated heterocycles. The Morgan fingerprint density at radius 3 is 2.69 bits per heavy atom. The molecule has 192 valence electrons. The van der Waals surface area contributed by atoms with Crippen LogP contribution < -0.4 is 20.1 Å². The van der Waals surface area contributed by atoms with Crippen molar-refractivity contribution in [3.05, 3.63) is 41.5 Å². The molecule has 1 aliphatic heterocycles. The van der Waals surface area contributed by atoms with Gasteiger partial charge in [-0.3, -0.25) is 9.69 Å². The SMILES string of the molecule is CN(C)CC#Cc1cc(C2CCCC2)c(O)cc1NC(=O)C1CNc2cc(OC(F)(F)F)ccc2O1. The highest BCUT2D eigenvalue weighted by molar-refractivity contribution is 5.96. The van der Waals surface area contributed by atoms with Gasteiger partial charge in [-0.25, -0.2) is 0 Å². The molecule has 1 saturated carbocycles. The molecule has 0 spiro atoms. The van der Waals surface area contributed by atoms with Crippen LogP contribution in [-0.4, -0.2) is 55.6 Å². The van der Waals surface area contributed by atoms with Gasteiger partial charge in [-0.2, -0.15) is 0 Å². The molecular formula is C26H28F3N3O4. The van der Waals surface area contributed by atoms with E-state index in [0.717, 1.165) is 43.4 Å². The lowest BCUT2D eigenvalue weighted by atomic mass is 9.94. The zero-order valence-electron chi connectivity index (χ0n) is 20.0. The monoisotopic (exact) mass is 503 g/mol. The number of halogens is 3. The second-order valence-electron chi connectivity index (χ2n) is 9.16. The number of alkyl halides is 3. The smallest absolute Gasteiger partial charge is 0.508 e. The van der Waals surface area contributed by atoms with Gasteiger partial charge < -0.3 is 25.2 Å². The predicted octanol–water partition coefficient (Wildman–Crippen LogP) is 4.67. The van der Waals surface area contributed by atoms with E-state index in [4.69, 9.17) is 4.74 Å². The molecule has 1 aliphatic carbocycles. The number of phenolic OH excluding ortho intramolecular Hbond substituents is 1.